The second-order valence-corrected chi connectivity index (χ2v) is 4.19. The Morgan fingerprint density at radius 3 is 2.69 bits per heavy atom. The molecule has 1 N–H and O–H groups in total. The number of benzene rings is 1. The summed E-state index contributed by atoms with van der Waals surface area (Å²) in [7, 11) is 0. The van der Waals surface area contributed by atoms with Gasteiger partial charge in [-0.3, -0.25) is 0 Å². The van der Waals surface area contributed by atoms with Gasteiger partial charge < -0.3 is 10.2 Å². The van der Waals surface area contributed by atoms with Crippen molar-refractivity contribution < 1.29 is 4.79 Å². The van der Waals surface area contributed by atoms with E-state index in [0.29, 0.717) is 6.04 Å². The number of fused-ring (bicyclic) bond motifs is 1. The van der Waals surface area contributed by atoms with E-state index < -0.39 is 0 Å². The van der Waals surface area contributed by atoms with Gasteiger partial charge in [0.1, 0.15) is 0 Å². The lowest BCUT2D eigenvalue weighted by molar-refractivity contribution is 0.176. The number of para-hydroxylation sites is 1. The highest BCUT2D eigenvalue weighted by Gasteiger charge is 2.26. The molecule has 0 bridgehead atoms. The zero-order valence-electron chi connectivity index (χ0n) is 9.86. The molecule has 0 unspecified atom stereocenters. The van der Waals surface area contributed by atoms with Crippen molar-refractivity contribution in [3.05, 3.63) is 29.8 Å². The van der Waals surface area contributed by atoms with E-state index in [-0.39, 0.29) is 6.03 Å². The van der Waals surface area contributed by atoms with Gasteiger partial charge in [0.15, 0.2) is 0 Å². The number of nitrogens with one attached hydrogen (secondary N) is 1. The lowest BCUT2D eigenvalue weighted by atomic mass is 10.1. The number of rotatable bonds is 3. The molecular weight excluding hydrogens is 200 g/mol. The van der Waals surface area contributed by atoms with Crippen LogP contribution in [0.5, 0.6) is 0 Å². The van der Waals surface area contributed by atoms with Gasteiger partial charge in [-0.15, -0.1) is 0 Å². The van der Waals surface area contributed by atoms with Crippen molar-refractivity contribution in [3.8, 4) is 0 Å². The monoisotopic (exact) mass is 218 g/mol. The van der Waals surface area contributed by atoms with Gasteiger partial charge in [0.05, 0.1) is 0 Å². The average Bonchev–Trinajstić information content (AvgIpc) is 2.31. The van der Waals surface area contributed by atoms with Crippen molar-refractivity contribution in [2.24, 2.45) is 0 Å². The van der Waals surface area contributed by atoms with E-state index in [2.05, 4.69) is 25.2 Å². The second-order valence-electron chi connectivity index (χ2n) is 4.19. The van der Waals surface area contributed by atoms with Crippen LogP contribution >= 0.6 is 0 Å². The number of nitrogens with zero attached hydrogens (tertiary/aromatic N) is 1. The Kier molecular flexibility index (Phi) is 3.13. The molecule has 1 aromatic carbocycles. The Labute approximate surface area is 96.5 Å². The van der Waals surface area contributed by atoms with Crippen molar-refractivity contribution in [2.45, 2.75) is 39.3 Å². The molecule has 0 aromatic heterocycles. The highest BCUT2D eigenvalue weighted by atomic mass is 16.2. The average molecular weight is 218 g/mol. The highest BCUT2D eigenvalue weighted by molar-refractivity contribution is 5.92. The minimum atomic E-state index is 0.0346. The first-order chi connectivity index (χ1) is 7.76. The largest absolute Gasteiger partial charge is 0.322 e. The molecule has 86 valence electrons. The molecule has 1 heterocycles. The van der Waals surface area contributed by atoms with Gasteiger partial charge >= 0.3 is 6.03 Å². The van der Waals surface area contributed by atoms with Crippen LogP contribution in [0, 0.1) is 0 Å². The Bertz CT molecular complexity index is 385. The van der Waals surface area contributed by atoms with Crippen LogP contribution < -0.4 is 5.32 Å². The van der Waals surface area contributed by atoms with E-state index in [4.69, 9.17) is 0 Å². The van der Waals surface area contributed by atoms with Crippen molar-refractivity contribution in [3.63, 3.8) is 0 Å². The maximum Gasteiger partial charge on any atom is 0.322 e. The van der Waals surface area contributed by atoms with E-state index in [1.807, 2.05) is 23.1 Å². The molecular formula is C13H18N2O. The maximum absolute atomic E-state index is 11.9. The second kappa shape index (κ2) is 4.56. The van der Waals surface area contributed by atoms with Crippen LogP contribution in [0.25, 0.3) is 0 Å². The summed E-state index contributed by atoms with van der Waals surface area (Å²) in [5, 5.41) is 2.95. The maximum atomic E-state index is 11.9. The topological polar surface area (TPSA) is 32.3 Å². The third-order valence-electron chi connectivity index (χ3n) is 3.24. The zero-order chi connectivity index (χ0) is 11.5. The van der Waals surface area contributed by atoms with Crippen LogP contribution in [-0.4, -0.2) is 17.0 Å². The molecule has 3 nitrogen and oxygen atoms in total. The molecule has 1 aliphatic rings. The fraction of sp³-hybridized carbons (Fsp3) is 0.462. The summed E-state index contributed by atoms with van der Waals surface area (Å²) in [6.07, 6.45) is 2.01. The molecule has 0 saturated carbocycles. The van der Waals surface area contributed by atoms with Crippen LogP contribution in [0.1, 0.15) is 32.3 Å². The first-order valence-electron chi connectivity index (χ1n) is 5.91. The summed E-state index contributed by atoms with van der Waals surface area (Å²) in [4.78, 5) is 13.9. The Morgan fingerprint density at radius 2 is 2.00 bits per heavy atom. The summed E-state index contributed by atoms with van der Waals surface area (Å²) in [6, 6.07) is 8.37. The predicted molar refractivity (Wildman–Crippen MR) is 65.4 cm³/mol. The van der Waals surface area contributed by atoms with Crippen molar-refractivity contribution >= 4 is 11.7 Å². The molecule has 0 fully saturated rings. The number of carbonyl (C=O) groups is 1. The van der Waals surface area contributed by atoms with Crippen LogP contribution in [-0.2, 0) is 6.54 Å². The molecule has 1 aliphatic heterocycles. The fourth-order valence-electron chi connectivity index (χ4n) is 2.25. The third-order valence-corrected chi connectivity index (χ3v) is 3.24. The Hall–Kier alpha value is -1.51. The van der Waals surface area contributed by atoms with Crippen molar-refractivity contribution in [2.75, 3.05) is 5.32 Å². The van der Waals surface area contributed by atoms with Gasteiger partial charge in [0, 0.05) is 18.3 Å². The fourth-order valence-corrected chi connectivity index (χ4v) is 2.25. The van der Waals surface area contributed by atoms with E-state index in [9.17, 15) is 4.79 Å². The predicted octanol–water partition coefficient (Wildman–Crippen LogP) is 3.22. The van der Waals surface area contributed by atoms with Gasteiger partial charge in [-0.05, 0) is 24.5 Å². The normalized spacial score (nSPS) is 14.9. The summed E-state index contributed by atoms with van der Waals surface area (Å²) in [6.45, 7) is 4.98. The molecule has 0 saturated heterocycles. The van der Waals surface area contributed by atoms with Gasteiger partial charge in [-0.2, -0.15) is 0 Å². The van der Waals surface area contributed by atoms with Gasteiger partial charge in [-0.1, -0.05) is 32.0 Å². The number of carbonyl (C=O) groups excluding carboxylic acids is 1. The number of anilines is 1. The summed E-state index contributed by atoms with van der Waals surface area (Å²) in [5.74, 6) is 0. The lowest BCUT2D eigenvalue weighted by Crippen LogP contribution is -2.44. The summed E-state index contributed by atoms with van der Waals surface area (Å²) < 4.78 is 0. The molecule has 3 heteroatoms. The van der Waals surface area contributed by atoms with Crippen LogP contribution in [0.4, 0.5) is 10.5 Å². The minimum absolute atomic E-state index is 0.0346. The number of amides is 2. The Balaban J connectivity index is 2.24. The quantitative estimate of drug-likeness (QED) is 0.830. The number of hydrogen-bond acceptors (Lipinski definition) is 1. The first-order valence-corrected chi connectivity index (χ1v) is 5.91. The van der Waals surface area contributed by atoms with Gasteiger partial charge in [0.25, 0.3) is 0 Å². The van der Waals surface area contributed by atoms with E-state index in [1.165, 1.54) is 5.56 Å². The summed E-state index contributed by atoms with van der Waals surface area (Å²) in [5.41, 5.74) is 2.16. The standard InChI is InChI=1S/C13H18N2O/c1-3-11(4-2)15-9-10-7-5-6-8-12(10)14-13(15)16/h5-8,11H,3-4,9H2,1-2H3,(H,14,16). The molecule has 0 radical (unpaired) electrons. The van der Waals surface area contributed by atoms with Gasteiger partial charge in [-0.25, -0.2) is 4.79 Å². The number of urea groups is 1. The first kappa shape index (κ1) is 11.0. The molecule has 0 aliphatic carbocycles. The Morgan fingerprint density at radius 1 is 1.31 bits per heavy atom. The van der Waals surface area contributed by atoms with E-state index >= 15 is 0 Å². The molecule has 2 rings (SSSR count). The van der Waals surface area contributed by atoms with E-state index in [0.717, 1.165) is 25.1 Å². The number of hydrogen-bond donors (Lipinski definition) is 1. The molecule has 0 spiro atoms. The van der Waals surface area contributed by atoms with Gasteiger partial charge in [0.2, 0.25) is 0 Å². The molecule has 1 aromatic rings. The molecule has 2 amide bonds. The third kappa shape index (κ3) is 1.90. The minimum Gasteiger partial charge on any atom is -0.317 e. The molecule has 16 heavy (non-hydrogen) atoms. The SMILES string of the molecule is CCC(CC)N1Cc2ccccc2NC1=O. The smallest absolute Gasteiger partial charge is 0.317 e. The van der Waals surface area contributed by atoms with E-state index in [1.54, 1.807) is 0 Å². The van der Waals surface area contributed by atoms with Crippen LogP contribution in [0.15, 0.2) is 24.3 Å². The zero-order valence-corrected chi connectivity index (χ0v) is 9.86. The van der Waals surface area contributed by atoms with Crippen molar-refractivity contribution in [1.82, 2.24) is 4.90 Å². The van der Waals surface area contributed by atoms with Crippen LogP contribution in [0.2, 0.25) is 0 Å². The summed E-state index contributed by atoms with van der Waals surface area (Å²) >= 11 is 0. The lowest BCUT2D eigenvalue weighted by Gasteiger charge is -2.35. The highest BCUT2D eigenvalue weighted by Crippen LogP contribution is 2.25. The van der Waals surface area contributed by atoms with Crippen LogP contribution in [0.3, 0.4) is 0 Å². The van der Waals surface area contributed by atoms with Crippen molar-refractivity contribution in [1.29, 1.82) is 0 Å². The molecule has 0 atom stereocenters.